The van der Waals surface area contributed by atoms with E-state index in [9.17, 15) is 9.59 Å². The molecule has 0 saturated carbocycles. The van der Waals surface area contributed by atoms with Crippen LogP contribution in [0.25, 0.3) is 11.1 Å². The minimum Gasteiger partial charge on any atom is -0.355 e. The summed E-state index contributed by atoms with van der Waals surface area (Å²) in [5.74, 6) is 1.09. The molecule has 0 aliphatic rings. The summed E-state index contributed by atoms with van der Waals surface area (Å²) in [5, 5.41) is 14.3. The summed E-state index contributed by atoms with van der Waals surface area (Å²) in [5.41, 5.74) is 3.00. The van der Waals surface area contributed by atoms with Gasteiger partial charge < -0.3 is 10.6 Å². The Balaban J connectivity index is 1.60. The first-order chi connectivity index (χ1) is 14.2. The maximum absolute atomic E-state index is 12.2. The third-order valence-electron chi connectivity index (χ3n) is 4.25. The van der Waals surface area contributed by atoms with Gasteiger partial charge in [0.25, 0.3) is 0 Å². The Hall–Kier alpha value is -2.78. The summed E-state index contributed by atoms with van der Waals surface area (Å²) in [6, 6.07) is 20.0. The fourth-order valence-electron chi connectivity index (χ4n) is 2.78. The number of anilines is 1. The molecule has 0 aliphatic heterocycles. The van der Waals surface area contributed by atoms with E-state index in [0.717, 1.165) is 36.1 Å². The normalized spacial score (nSPS) is 10.2. The molecule has 0 unspecified atom stereocenters. The number of carbonyl (C=O) groups is 2. The zero-order chi connectivity index (χ0) is 20.7. The van der Waals surface area contributed by atoms with Crippen molar-refractivity contribution in [2.45, 2.75) is 32.1 Å². The molecule has 2 amide bonds. The van der Waals surface area contributed by atoms with Crippen LogP contribution < -0.4 is 10.6 Å². The van der Waals surface area contributed by atoms with Crippen LogP contribution >= 0.6 is 11.8 Å². The van der Waals surface area contributed by atoms with Crippen molar-refractivity contribution in [1.82, 2.24) is 5.32 Å². The highest BCUT2D eigenvalue weighted by atomic mass is 32.2. The standard InChI is InChI=1S/C23H27N3O2S/c24-14-8-16-29-18-23(28)25-15-6-2-5-13-22(27)26-21-12-7-11-20(17-21)19-9-3-1-4-10-19/h1,3-4,7,9-12,17H,2,5-6,8,13,15-16,18H2,(H,25,28)(H,26,27). The second-order valence-corrected chi connectivity index (χ2v) is 7.72. The van der Waals surface area contributed by atoms with E-state index in [4.69, 9.17) is 5.26 Å². The lowest BCUT2D eigenvalue weighted by atomic mass is 10.1. The Kier molecular flexibility index (Phi) is 10.4. The van der Waals surface area contributed by atoms with Crippen LogP contribution in [-0.4, -0.2) is 29.9 Å². The van der Waals surface area contributed by atoms with Gasteiger partial charge in [-0.1, -0.05) is 48.9 Å². The maximum atomic E-state index is 12.2. The number of nitriles is 1. The van der Waals surface area contributed by atoms with Crippen LogP contribution in [0.3, 0.4) is 0 Å². The molecular weight excluding hydrogens is 382 g/mol. The maximum Gasteiger partial charge on any atom is 0.229 e. The van der Waals surface area contributed by atoms with E-state index in [-0.39, 0.29) is 11.8 Å². The molecule has 2 rings (SSSR count). The second-order valence-electron chi connectivity index (χ2n) is 6.62. The lowest BCUT2D eigenvalue weighted by Gasteiger charge is -2.08. The number of hydrogen-bond donors (Lipinski definition) is 2. The molecule has 5 nitrogen and oxygen atoms in total. The monoisotopic (exact) mass is 409 g/mol. The molecule has 0 radical (unpaired) electrons. The zero-order valence-electron chi connectivity index (χ0n) is 16.5. The smallest absolute Gasteiger partial charge is 0.229 e. The zero-order valence-corrected chi connectivity index (χ0v) is 17.3. The molecule has 0 atom stereocenters. The number of amides is 2. The number of hydrogen-bond acceptors (Lipinski definition) is 4. The van der Waals surface area contributed by atoms with Gasteiger partial charge in [0, 0.05) is 30.8 Å². The predicted octanol–water partition coefficient (Wildman–Crippen LogP) is 4.62. The molecule has 2 aromatic carbocycles. The Morgan fingerprint density at radius 3 is 2.52 bits per heavy atom. The molecule has 0 aliphatic carbocycles. The fraction of sp³-hybridized carbons (Fsp3) is 0.348. The molecule has 152 valence electrons. The van der Waals surface area contributed by atoms with E-state index in [2.05, 4.69) is 16.7 Å². The van der Waals surface area contributed by atoms with E-state index in [0.29, 0.717) is 30.9 Å². The van der Waals surface area contributed by atoms with Crippen LogP contribution in [0, 0.1) is 11.3 Å². The highest BCUT2D eigenvalue weighted by Gasteiger charge is 2.05. The average molecular weight is 410 g/mol. The summed E-state index contributed by atoms with van der Waals surface area (Å²) in [6.45, 7) is 0.623. The highest BCUT2D eigenvalue weighted by Crippen LogP contribution is 2.22. The third-order valence-corrected chi connectivity index (χ3v) is 5.21. The first kappa shape index (κ1) is 22.5. The fourth-order valence-corrected chi connectivity index (χ4v) is 3.45. The van der Waals surface area contributed by atoms with E-state index in [1.807, 2.05) is 54.6 Å². The van der Waals surface area contributed by atoms with Crippen molar-refractivity contribution in [2.24, 2.45) is 0 Å². The van der Waals surface area contributed by atoms with Gasteiger partial charge in [-0.15, -0.1) is 0 Å². The van der Waals surface area contributed by atoms with Crippen LogP contribution in [0.1, 0.15) is 32.1 Å². The SMILES string of the molecule is N#CCCSCC(=O)NCCCCCC(=O)Nc1cccc(-c2ccccc2)c1. The van der Waals surface area contributed by atoms with Crippen molar-refractivity contribution in [3.63, 3.8) is 0 Å². The van der Waals surface area contributed by atoms with E-state index < -0.39 is 0 Å². The van der Waals surface area contributed by atoms with Crippen molar-refractivity contribution in [3.05, 3.63) is 54.6 Å². The van der Waals surface area contributed by atoms with Crippen molar-refractivity contribution < 1.29 is 9.59 Å². The molecule has 2 N–H and O–H groups in total. The Morgan fingerprint density at radius 2 is 1.72 bits per heavy atom. The van der Waals surface area contributed by atoms with Crippen molar-refractivity contribution in [2.75, 3.05) is 23.4 Å². The van der Waals surface area contributed by atoms with Gasteiger partial charge in [0.15, 0.2) is 0 Å². The van der Waals surface area contributed by atoms with Gasteiger partial charge in [-0.3, -0.25) is 9.59 Å². The number of thioether (sulfide) groups is 1. The molecule has 0 heterocycles. The summed E-state index contributed by atoms with van der Waals surface area (Å²) in [4.78, 5) is 23.8. The molecule has 0 aromatic heterocycles. The van der Waals surface area contributed by atoms with Crippen LogP contribution in [0.2, 0.25) is 0 Å². The minimum absolute atomic E-state index is 0.00369. The summed E-state index contributed by atoms with van der Waals surface area (Å²) in [7, 11) is 0. The molecule has 0 saturated heterocycles. The molecule has 2 aromatic rings. The Morgan fingerprint density at radius 1 is 0.931 bits per heavy atom. The average Bonchev–Trinajstić information content (AvgIpc) is 2.74. The van der Waals surface area contributed by atoms with E-state index in [1.165, 1.54) is 11.8 Å². The number of rotatable bonds is 12. The number of benzene rings is 2. The van der Waals surface area contributed by atoms with Crippen LogP contribution in [-0.2, 0) is 9.59 Å². The molecule has 0 bridgehead atoms. The van der Waals surface area contributed by atoms with Crippen LogP contribution in [0.5, 0.6) is 0 Å². The van der Waals surface area contributed by atoms with E-state index >= 15 is 0 Å². The van der Waals surface area contributed by atoms with Crippen molar-refractivity contribution >= 4 is 29.3 Å². The van der Waals surface area contributed by atoms with Gasteiger partial charge in [-0.2, -0.15) is 17.0 Å². The number of nitrogens with one attached hydrogen (secondary N) is 2. The minimum atomic E-state index is 0.00369. The van der Waals surface area contributed by atoms with Gasteiger partial charge in [0.1, 0.15) is 0 Å². The quantitative estimate of drug-likeness (QED) is 0.501. The van der Waals surface area contributed by atoms with Crippen molar-refractivity contribution in [1.29, 1.82) is 5.26 Å². The Bertz CT molecular complexity index is 818. The third kappa shape index (κ3) is 9.31. The summed E-state index contributed by atoms with van der Waals surface area (Å²) >= 11 is 1.47. The first-order valence-corrected chi connectivity index (χ1v) is 11.0. The number of unbranched alkanes of at least 4 members (excludes halogenated alkanes) is 2. The van der Waals surface area contributed by atoms with Gasteiger partial charge in [0.2, 0.25) is 11.8 Å². The van der Waals surface area contributed by atoms with E-state index in [1.54, 1.807) is 0 Å². The summed E-state index contributed by atoms with van der Waals surface area (Å²) < 4.78 is 0. The topological polar surface area (TPSA) is 82.0 Å². The largest absolute Gasteiger partial charge is 0.355 e. The molecule has 0 spiro atoms. The lowest BCUT2D eigenvalue weighted by molar-refractivity contribution is -0.118. The number of nitrogens with zero attached hydrogens (tertiary/aromatic N) is 1. The van der Waals surface area contributed by atoms with Gasteiger partial charge in [-0.05, 0) is 36.1 Å². The number of carbonyl (C=O) groups excluding carboxylic acids is 2. The molecular formula is C23H27N3O2S. The van der Waals surface area contributed by atoms with Crippen LogP contribution in [0.4, 0.5) is 5.69 Å². The summed E-state index contributed by atoms with van der Waals surface area (Å²) in [6.07, 6.45) is 3.46. The van der Waals surface area contributed by atoms with Gasteiger partial charge >= 0.3 is 0 Å². The molecule has 29 heavy (non-hydrogen) atoms. The van der Waals surface area contributed by atoms with Crippen molar-refractivity contribution in [3.8, 4) is 17.2 Å². The lowest BCUT2D eigenvalue weighted by Crippen LogP contribution is -2.26. The highest BCUT2D eigenvalue weighted by molar-refractivity contribution is 7.99. The van der Waals surface area contributed by atoms with Gasteiger partial charge in [0.05, 0.1) is 11.8 Å². The molecule has 0 fully saturated rings. The molecule has 6 heteroatoms. The first-order valence-electron chi connectivity index (χ1n) is 9.86. The van der Waals surface area contributed by atoms with Crippen LogP contribution in [0.15, 0.2) is 54.6 Å². The predicted molar refractivity (Wildman–Crippen MR) is 120 cm³/mol. The van der Waals surface area contributed by atoms with Gasteiger partial charge in [-0.25, -0.2) is 0 Å². The Labute approximate surface area is 176 Å². The second kappa shape index (κ2) is 13.4.